The molecule has 0 aliphatic heterocycles. The molecule has 1 heterocycles. The second-order valence-corrected chi connectivity index (χ2v) is 12.0. The summed E-state index contributed by atoms with van der Waals surface area (Å²) in [4.78, 5) is 4.72. The van der Waals surface area contributed by atoms with Crippen LogP contribution < -0.4 is 5.32 Å². The van der Waals surface area contributed by atoms with E-state index >= 15 is 0 Å². The predicted molar refractivity (Wildman–Crippen MR) is 66.1 cm³/mol. The first-order valence-electron chi connectivity index (χ1n) is 4.95. The van der Waals surface area contributed by atoms with Gasteiger partial charge in [-0.2, -0.15) is 0 Å². The fraction of sp³-hybridized carbons (Fsp3) is 0.545. The molecule has 1 aromatic heterocycles. The van der Waals surface area contributed by atoms with Gasteiger partial charge in [0.1, 0.15) is 0 Å². The predicted octanol–water partition coefficient (Wildman–Crippen LogP) is 1.90. The number of hydrogen-bond donors (Lipinski definition) is 0. The molecular weight excluding hydrogens is 202 g/mol. The molecule has 3 heteroatoms. The van der Waals surface area contributed by atoms with E-state index in [1.165, 1.54) is 27.7 Å². The summed E-state index contributed by atoms with van der Waals surface area (Å²) in [5.74, 6) is 0. The molecule has 0 atom stereocenters. The van der Waals surface area contributed by atoms with Crippen LogP contribution >= 0.6 is 0 Å². The van der Waals surface area contributed by atoms with Gasteiger partial charge in [0.25, 0.3) is 0 Å². The lowest BCUT2D eigenvalue weighted by atomic mass is 10.1. The Morgan fingerprint density at radius 2 is 1.43 bits per heavy atom. The third-order valence-corrected chi connectivity index (χ3v) is 5.28. The fourth-order valence-corrected chi connectivity index (χ4v) is 3.98. The molecule has 0 bridgehead atoms. The van der Waals surface area contributed by atoms with E-state index in [4.69, 9.17) is 4.98 Å². The maximum Gasteiger partial charge on any atom is 0.0884 e. The lowest BCUT2D eigenvalue weighted by Gasteiger charge is -2.21. The van der Waals surface area contributed by atoms with Gasteiger partial charge in [-0.3, -0.25) is 4.98 Å². The molecule has 75 valence electrons. The van der Waals surface area contributed by atoms with Crippen LogP contribution in [0.2, 0.25) is 13.1 Å². The van der Waals surface area contributed by atoms with Crippen molar-refractivity contribution in [1.29, 1.82) is 0 Å². The summed E-state index contributed by atoms with van der Waals surface area (Å²) in [7, 11) is 2.39. The molecular formula is C11H18NSi2. The molecule has 0 saturated carbocycles. The summed E-state index contributed by atoms with van der Waals surface area (Å²) >= 11 is 0. The molecule has 14 heavy (non-hydrogen) atoms. The zero-order chi connectivity index (χ0) is 11.1. The van der Waals surface area contributed by atoms with Crippen molar-refractivity contribution in [2.75, 3.05) is 0 Å². The molecule has 1 nitrogen and oxygen atoms in total. The van der Waals surface area contributed by atoms with Crippen molar-refractivity contribution in [3.05, 3.63) is 22.4 Å². The molecule has 0 spiro atoms. The van der Waals surface area contributed by atoms with Crippen molar-refractivity contribution in [2.45, 2.75) is 40.8 Å². The van der Waals surface area contributed by atoms with Crippen LogP contribution in [0.1, 0.15) is 22.4 Å². The molecule has 0 aromatic carbocycles. The van der Waals surface area contributed by atoms with Crippen molar-refractivity contribution in [2.24, 2.45) is 0 Å². The SMILES string of the molecule is Cc1nc([Si](C)(C)[Si])c(C)c(C)c1C. The summed E-state index contributed by atoms with van der Waals surface area (Å²) in [5, 5.41) is 1.29. The van der Waals surface area contributed by atoms with E-state index in [1.807, 2.05) is 0 Å². The second-order valence-electron chi connectivity index (χ2n) is 4.55. The first kappa shape index (κ1) is 11.7. The van der Waals surface area contributed by atoms with Gasteiger partial charge in [0.05, 0.1) is 7.59 Å². The fourth-order valence-electron chi connectivity index (χ4n) is 1.67. The van der Waals surface area contributed by atoms with Gasteiger partial charge in [-0.15, -0.1) is 0 Å². The quantitative estimate of drug-likeness (QED) is 0.659. The molecule has 1 aromatic rings. The van der Waals surface area contributed by atoms with Crippen LogP contribution in [0.25, 0.3) is 0 Å². The number of aryl methyl sites for hydroxylation is 1. The van der Waals surface area contributed by atoms with Gasteiger partial charge >= 0.3 is 0 Å². The first-order chi connectivity index (χ1) is 6.25. The van der Waals surface area contributed by atoms with E-state index in [0.29, 0.717) is 0 Å². The van der Waals surface area contributed by atoms with E-state index in [9.17, 15) is 0 Å². The van der Waals surface area contributed by atoms with Gasteiger partial charge in [0, 0.05) is 20.8 Å². The lowest BCUT2D eigenvalue weighted by molar-refractivity contribution is 1.11. The highest BCUT2D eigenvalue weighted by molar-refractivity contribution is 7.23. The molecule has 0 aliphatic carbocycles. The van der Waals surface area contributed by atoms with Crippen LogP contribution in [0, 0.1) is 27.7 Å². The number of aromatic nitrogens is 1. The van der Waals surface area contributed by atoms with Crippen molar-refractivity contribution >= 4 is 22.7 Å². The van der Waals surface area contributed by atoms with E-state index in [0.717, 1.165) is 0 Å². The van der Waals surface area contributed by atoms with E-state index in [2.05, 4.69) is 50.5 Å². The minimum Gasteiger partial charge on any atom is -0.263 e. The Morgan fingerprint density at radius 1 is 0.929 bits per heavy atom. The summed E-state index contributed by atoms with van der Waals surface area (Å²) < 4.78 is 0. The zero-order valence-corrected chi connectivity index (χ0v) is 11.9. The minimum absolute atomic E-state index is 1.17. The van der Waals surface area contributed by atoms with Crippen LogP contribution in [-0.2, 0) is 0 Å². The average Bonchev–Trinajstić information content (AvgIpc) is 2.06. The molecule has 3 radical (unpaired) electrons. The summed E-state index contributed by atoms with van der Waals surface area (Å²) in [6.07, 6.45) is 0. The van der Waals surface area contributed by atoms with Gasteiger partial charge in [0.15, 0.2) is 0 Å². The van der Waals surface area contributed by atoms with Crippen LogP contribution in [0.15, 0.2) is 0 Å². The Bertz CT molecular complexity index is 365. The maximum atomic E-state index is 4.72. The molecule has 0 amide bonds. The van der Waals surface area contributed by atoms with Crippen molar-refractivity contribution in [3.63, 3.8) is 0 Å². The van der Waals surface area contributed by atoms with Crippen LogP contribution in [0.3, 0.4) is 0 Å². The van der Waals surface area contributed by atoms with Gasteiger partial charge in [-0.05, 0) is 44.4 Å². The van der Waals surface area contributed by atoms with Gasteiger partial charge in [-0.1, -0.05) is 13.1 Å². The van der Waals surface area contributed by atoms with Crippen LogP contribution in [-0.4, -0.2) is 22.3 Å². The highest BCUT2D eigenvalue weighted by atomic mass is 29.2. The smallest absolute Gasteiger partial charge is 0.0884 e. The third kappa shape index (κ3) is 1.98. The van der Waals surface area contributed by atoms with Gasteiger partial charge < -0.3 is 0 Å². The number of nitrogens with zero attached hydrogens (tertiary/aromatic N) is 1. The lowest BCUT2D eigenvalue weighted by Crippen LogP contribution is -2.46. The Labute approximate surface area is 91.2 Å². The number of rotatable bonds is 1. The highest BCUT2D eigenvalue weighted by Crippen LogP contribution is 2.14. The Morgan fingerprint density at radius 3 is 1.86 bits per heavy atom. The highest BCUT2D eigenvalue weighted by Gasteiger charge is 2.22. The second kappa shape index (κ2) is 3.62. The molecule has 0 unspecified atom stereocenters. The van der Waals surface area contributed by atoms with Crippen molar-refractivity contribution < 1.29 is 0 Å². The Balaban J connectivity index is 3.49. The van der Waals surface area contributed by atoms with Gasteiger partial charge in [-0.25, -0.2) is 0 Å². The first-order valence-corrected chi connectivity index (χ1v) is 9.45. The minimum atomic E-state index is -1.47. The van der Waals surface area contributed by atoms with E-state index in [-0.39, 0.29) is 0 Å². The monoisotopic (exact) mass is 220 g/mol. The van der Waals surface area contributed by atoms with Crippen molar-refractivity contribution in [3.8, 4) is 0 Å². The van der Waals surface area contributed by atoms with Crippen LogP contribution in [0.4, 0.5) is 0 Å². The maximum absolute atomic E-state index is 4.72. The third-order valence-electron chi connectivity index (χ3n) is 2.89. The largest absolute Gasteiger partial charge is 0.263 e. The standard InChI is InChI=1S/C11H18NSi2/c1-7-8(2)10(4)12-11(9(7)3)14(5,6)13/h1-6H3. The zero-order valence-electron chi connectivity index (χ0n) is 9.95. The molecule has 0 saturated heterocycles. The Hall–Kier alpha value is -0.416. The van der Waals surface area contributed by atoms with Crippen LogP contribution in [0.5, 0.6) is 0 Å². The molecule has 0 N–H and O–H groups in total. The topological polar surface area (TPSA) is 12.9 Å². The molecule has 0 fully saturated rings. The van der Waals surface area contributed by atoms with E-state index < -0.39 is 7.59 Å². The van der Waals surface area contributed by atoms with E-state index in [1.54, 1.807) is 0 Å². The Kier molecular flexibility index (Phi) is 3.02. The molecule has 1 rings (SSSR count). The summed E-state index contributed by atoms with van der Waals surface area (Å²) in [5.41, 5.74) is 5.25. The number of pyridine rings is 1. The van der Waals surface area contributed by atoms with Gasteiger partial charge in [0.2, 0.25) is 0 Å². The normalized spacial score (nSPS) is 11.9. The number of hydrogen-bond acceptors (Lipinski definition) is 1. The summed E-state index contributed by atoms with van der Waals surface area (Å²) in [6, 6.07) is 0. The summed E-state index contributed by atoms with van der Waals surface area (Å²) in [6.45, 7) is 13.2. The average molecular weight is 220 g/mol. The molecule has 0 aliphatic rings. The van der Waals surface area contributed by atoms with Crippen molar-refractivity contribution in [1.82, 2.24) is 4.98 Å².